The molecule has 5 rings (SSSR count). The third-order valence-electron chi connectivity index (χ3n) is 7.31. The molecular weight excluding hydrogens is 710 g/mol. The number of rotatable bonds is 14. The number of tetrazole rings is 1. The van der Waals surface area contributed by atoms with E-state index >= 15 is 0 Å². The molecule has 0 aliphatic rings. The molecule has 0 radical (unpaired) electrons. The molecule has 15 nitrogen and oxygen atoms in total. The smallest absolute Gasteiger partial charge is 0.412 e. The van der Waals surface area contributed by atoms with Crippen LogP contribution in [0.25, 0.3) is 11.4 Å². The van der Waals surface area contributed by atoms with Crippen LogP contribution in [-0.4, -0.2) is 64.7 Å². The number of nitrogens with zero attached hydrogens (tertiary/aromatic N) is 6. The van der Waals surface area contributed by atoms with Crippen molar-refractivity contribution in [3.8, 4) is 11.4 Å². The van der Waals surface area contributed by atoms with E-state index in [9.17, 15) is 33.5 Å². The summed E-state index contributed by atoms with van der Waals surface area (Å²) in [6, 6.07) is 17.0. The molecular formula is C33H27Cl2FN8O7. The normalized spacial score (nSPS) is 11.4. The number of hydrogen-bond acceptors (Lipinski definition) is 10. The lowest BCUT2D eigenvalue weighted by molar-refractivity contribution is -0.140. The predicted molar refractivity (Wildman–Crippen MR) is 180 cm³/mol. The zero-order valence-electron chi connectivity index (χ0n) is 26.3. The minimum atomic E-state index is -1.58. The van der Waals surface area contributed by atoms with Crippen LogP contribution >= 0.6 is 23.2 Å². The largest absolute Gasteiger partial charge is 0.481 e. The average molecular weight is 738 g/mol. The Morgan fingerprint density at radius 1 is 0.941 bits per heavy atom. The topological polar surface area (TPSA) is 200 Å². The first-order valence-corrected chi connectivity index (χ1v) is 15.8. The molecule has 0 aliphatic carbocycles. The highest BCUT2D eigenvalue weighted by molar-refractivity contribution is 6.36. The molecule has 18 heteroatoms. The number of ether oxygens (including phenoxy) is 1. The molecule has 3 N–H and O–H groups in total. The second-order valence-corrected chi connectivity index (χ2v) is 11.7. The molecule has 0 saturated carbocycles. The maximum absolute atomic E-state index is 13.7. The van der Waals surface area contributed by atoms with Gasteiger partial charge in [0.25, 0.3) is 5.56 Å². The third kappa shape index (κ3) is 9.58. The Morgan fingerprint density at radius 3 is 2.33 bits per heavy atom. The molecule has 2 aromatic heterocycles. The van der Waals surface area contributed by atoms with Crippen LogP contribution in [0.5, 0.6) is 0 Å². The van der Waals surface area contributed by atoms with E-state index in [0.29, 0.717) is 21.2 Å². The molecule has 0 fully saturated rings. The Morgan fingerprint density at radius 2 is 1.65 bits per heavy atom. The Balaban J connectivity index is 1.35. The quantitative estimate of drug-likeness (QED) is 0.149. The van der Waals surface area contributed by atoms with Crippen LogP contribution in [0.4, 0.5) is 14.9 Å². The number of Topliss-reactive ketones (excluding diaryl/α,β-unsaturated/α-hetero) is 1. The summed E-state index contributed by atoms with van der Waals surface area (Å²) in [7, 11) is 0. The zero-order chi connectivity index (χ0) is 36.5. The van der Waals surface area contributed by atoms with Crippen molar-refractivity contribution in [3.63, 3.8) is 0 Å². The second-order valence-electron chi connectivity index (χ2n) is 10.9. The van der Waals surface area contributed by atoms with Crippen LogP contribution in [0.1, 0.15) is 23.4 Å². The van der Waals surface area contributed by atoms with Crippen LogP contribution in [0.2, 0.25) is 10.0 Å². The first kappa shape index (κ1) is 36.3. The summed E-state index contributed by atoms with van der Waals surface area (Å²) >= 11 is 12.5. The monoisotopic (exact) mass is 736 g/mol. The predicted octanol–water partition coefficient (Wildman–Crippen LogP) is 3.91. The maximum atomic E-state index is 13.7. The highest BCUT2D eigenvalue weighted by atomic mass is 35.5. The van der Waals surface area contributed by atoms with Gasteiger partial charge in [-0.15, -0.1) is 5.10 Å². The van der Waals surface area contributed by atoms with Gasteiger partial charge in [-0.25, -0.2) is 18.9 Å². The summed E-state index contributed by atoms with van der Waals surface area (Å²) in [5, 5.41) is 26.2. The number of amides is 2. The van der Waals surface area contributed by atoms with Crippen LogP contribution in [0.3, 0.4) is 0 Å². The van der Waals surface area contributed by atoms with Gasteiger partial charge in [0, 0.05) is 22.0 Å². The van der Waals surface area contributed by atoms with Gasteiger partial charge >= 0.3 is 12.1 Å². The van der Waals surface area contributed by atoms with E-state index in [-0.39, 0.29) is 35.9 Å². The minimum absolute atomic E-state index is 0.0427. The lowest BCUT2D eigenvalue weighted by atomic mass is 10.1. The third-order valence-corrected chi connectivity index (χ3v) is 8.02. The number of anilines is 1. The van der Waals surface area contributed by atoms with Gasteiger partial charge in [-0.05, 0) is 58.0 Å². The van der Waals surface area contributed by atoms with Gasteiger partial charge < -0.3 is 15.2 Å². The van der Waals surface area contributed by atoms with Crippen molar-refractivity contribution in [1.29, 1.82) is 0 Å². The summed E-state index contributed by atoms with van der Waals surface area (Å²) in [4.78, 5) is 68.8. The van der Waals surface area contributed by atoms with Crippen molar-refractivity contribution in [2.75, 3.05) is 5.32 Å². The lowest BCUT2D eigenvalue weighted by Gasteiger charge is -2.18. The second kappa shape index (κ2) is 16.6. The molecule has 1 atom stereocenters. The van der Waals surface area contributed by atoms with E-state index in [1.165, 1.54) is 12.1 Å². The van der Waals surface area contributed by atoms with Gasteiger partial charge in [0.2, 0.25) is 5.91 Å². The highest BCUT2D eigenvalue weighted by Gasteiger charge is 2.27. The summed E-state index contributed by atoms with van der Waals surface area (Å²) in [5.74, 6) is -3.60. The van der Waals surface area contributed by atoms with Crippen molar-refractivity contribution >= 4 is 52.6 Å². The van der Waals surface area contributed by atoms with Gasteiger partial charge in [0.15, 0.2) is 11.6 Å². The molecule has 0 saturated heterocycles. The Bertz CT molecular complexity index is 2110. The SMILES string of the molecule is O=C(O)CC(NC(=O)Cn1c(-c2ccc(F)cc2)ncc(NC(=O)OCc2ccccc2)c1=O)C(=O)Cn1nnnc1Cc1c(Cl)cccc1Cl. The van der Waals surface area contributed by atoms with Crippen molar-refractivity contribution in [3.05, 3.63) is 122 Å². The number of aromatic nitrogens is 6. The number of aliphatic carboxylic acids is 1. The van der Waals surface area contributed by atoms with E-state index < -0.39 is 60.7 Å². The first-order chi connectivity index (χ1) is 24.5. The fraction of sp³-hybridized carbons (Fsp3) is 0.182. The van der Waals surface area contributed by atoms with Crippen LogP contribution < -0.4 is 16.2 Å². The van der Waals surface area contributed by atoms with Gasteiger partial charge in [-0.1, -0.05) is 59.6 Å². The summed E-state index contributed by atoms with van der Waals surface area (Å²) < 4.78 is 20.9. The molecule has 0 spiro atoms. The Kier molecular flexibility index (Phi) is 11.8. The first-order valence-electron chi connectivity index (χ1n) is 15.0. The lowest BCUT2D eigenvalue weighted by Crippen LogP contribution is -2.46. The molecule has 51 heavy (non-hydrogen) atoms. The number of carbonyl (C=O) groups is 4. The molecule has 262 valence electrons. The molecule has 5 aromatic rings. The number of nitrogens with one attached hydrogen (secondary N) is 2. The molecule has 2 amide bonds. The molecule has 0 bridgehead atoms. The average Bonchev–Trinajstić information content (AvgIpc) is 3.54. The molecule has 0 aliphatic heterocycles. The number of carboxylic acids is 1. The van der Waals surface area contributed by atoms with Crippen LogP contribution in [0, 0.1) is 5.82 Å². The van der Waals surface area contributed by atoms with E-state index in [1.54, 1.807) is 48.5 Å². The number of carbonyl (C=O) groups excluding carboxylic acids is 3. The number of halogens is 3. The maximum Gasteiger partial charge on any atom is 0.412 e. The molecule has 1 unspecified atom stereocenters. The number of benzene rings is 3. The Hall–Kier alpha value is -6.00. The summed E-state index contributed by atoms with van der Waals surface area (Å²) in [6.45, 7) is -1.41. The van der Waals surface area contributed by atoms with Crippen LogP contribution in [-0.2, 0) is 45.2 Å². The van der Waals surface area contributed by atoms with Gasteiger partial charge in [-0.2, -0.15) is 0 Å². The zero-order valence-corrected chi connectivity index (χ0v) is 27.8. The number of carboxylic acid groups (broad SMARTS) is 1. The van der Waals surface area contributed by atoms with Crippen molar-refractivity contribution < 1.29 is 33.4 Å². The van der Waals surface area contributed by atoms with Gasteiger partial charge in [-0.3, -0.25) is 29.1 Å². The van der Waals surface area contributed by atoms with E-state index in [1.807, 2.05) is 0 Å². The van der Waals surface area contributed by atoms with E-state index in [4.69, 9.17) is 27.9 Å². The Labute approximate surface area is 298 Å². The van der Waals surface area contributed by atoms with Crippen molar-refractivity contribution in [1.82, 2.24) is 35.1 Å². The number of ketones is 1. The number of hydrogen-bond donors (Lipinski definition) is 3. The van der Waals surface area contributed by atoms with E-state index in [2.05, 4.69) is 31.1 Å². The molecule has 3 aromatic carbocycles. The van der Waals surface area contributed by atoms with Crippen molar-refractivity contribution in [2.45, 2.75) is 38.6 Å². The van der Waals surface area contributed by atoms with E-state index in [0.717, 1.165) is 27.6 Å². The fourth-order valence-corrected chi connectivity index (χ4v) is 5.35. The summed E-state index contributed by atoms with van der Waals surface area (Å²) in [5.41, 5.74) is 0.182. The minimum Gasteiger partial charge on any atom is -0.481 e. The van der Waals surface area contributed by atoms with Gasteiger partial charge in [0.1, 0.15) is 37.0 Å². The van der Waals surface area contributed by atoms with Gasteiger partial charge in [0.05, 0.1) is 18.7 Å². The molecule has 2 heterocycles. The standard InChI is InChI=1S/C33H27Cl2FN8O7/c34-23-7-4-8-24(35)22(23)13-28-40-41-42-44(28)16-27(45)25(14-30(47)48)38-29(46)17-43-31(20-9-11-21(36)12-10-20)37-15-26(32(43)49)39-33(50)51-18-19-5-2-1-3-6-19/h1-12,15,25H,13-14,16-18H2,(H,38,46)(H,39,50)(H,47,48). The fourth-order valence-electron chi connectivity index (χ4n) is 4.82. The summed E-state index contributed by atoms with van der Waals surface area (Å²) in [6.07, 6.45) is -0.698. The van der Waals surface area contributed by atoms with Crippen molar-refractivity contribution in [2.24, 2.45) is 0 Å². The van der Waals surface area contributed by atoms with Crippen LogP contribution in [0.15, 0.2) is 83.8 Å². The highest BCUT2D eigenvalue weighted by Crippen LogP contribution is 2.26.